The van der Waals surface area contributed by atoms with Crippen LogP contribution in [0.15, 0.2) is 65.8 Å². The fourth-order valence-corrected chi connectivity index (χ4v) is 2.87. The number of ether oxygens (including phenoxy) is 1. The summed E-state index contributed by atoms with van der Waals surface area (Å²) in [5, 5.41) is 1.26. The van der Waals surface area contributed by atoms with Crippen molar-refractivity contribution in [1.29, 1.82) is 0 Å². The minimum absolute atomic E-state index is 0.858. The Labute approximate surface area is 135 Å². The van der Waals surface area contributed by atoms with Crippen LogP contribution in [-0.2, 0) is 6.42 Å². The van der Waals surface area contributed by atoms with Crippen LogP contribution in [0.4, 0.5) is 0 Å². The number of hydrogen-bond acceptors (Lipinski definition) is 2. The topological polar surface area (TPSA) is 37.4 Å². The van der Waals surface area contributed by atoms with Crippen LogP contribution in [0.3, 0.4) is 0 Å². The number of benzene rings is 2. The molecule has 0 amide bonds. The largest absolute Gasteiger partial charge is 0.457 e. The van der Waals surface area contributed by atoms with Crippen molar-refractivity contribution in [2.45, 2.75) is 12.8 Å². The predicted octanol–water partition coefficient (Wildman–Crippen LogP) is 3.20. The molecule has 2 aromatic carbocycles. The maximum Gasteiger partial charge on any atom is 0.132 e. The molecule has 0 radical (unpaired) electrons. The number of aromatic nitrogens is 1. The second-order valence-electron chi connectivity index (χ2n) is 5.69. The molecule has 1 N–H and O–H groups in total. The molecule has 0 aliphatic carbocycles. The van der Waals surface area contributed by atoms with Crippen LogP contribution in [0.25, 0.3) is 6.08 Å². The molecule has 0 bridgehead atoms. The van der Waals surface area contributed by atoms with Gasteiger partial charge in [0.25, 0.3) is 0 Å². The van der Waals surface area contributed by atoms with Gasteiger partial charge in [-0.2, -0.15) is 0 Å². The van der Waals surface area contributed by atoms with Gasteiger partial charge in [-0.05, 0) is 48.2 Å². The summed E-state index contributed by atoms with van der Waals surface area (Å²) < 4.78 is 5.83. The molecule has 0 fully saturated rings. The summed E-state index contributed by atoms with van der Waals surface area (Å²) in [6.45, 7) is 0.887. The molecule has 1 aliphatic heterocycles. The highest BCUT2D eigenvalue weighted by atomic mass is 16.5. The Morgan fingerprint density at radius 3 is 2.57 bits per heavy atom. The Morgan fingerprint density at radius 2 is 1.74 bits per heavy atom. The molecule has 0 atom stereocenters. The van der Waals surface area contributed by atoms with Crippen LogP contribution in [0, 0.1) is 0 Å². The minimum Gasteiger partial charge on any atom is -0.457 e. The molecule has 3 aromatic rings. The fourth-order valence-electron chi connectivity index (χ4n) is 2.87. The minimum atomic E-state index is 0.858. The van der Waals surface area contributed by atoms with E-state index in [-0.39, 0.29) is 0 Å². The summed E-state index contributed by atoms with van der Waals surface area (Å²) in [7, 11) is 0. The molecule has 0 saturated heterocycles. The number of rotatable bonds is 4. The molecule has 0 unspecified atom stereocenters. The zero-order valence-corrected chi connectivity index (χ0v) is 12.8. The third kappa shape index (κ3) is 3.04. The van der Waals surface area contributed by atoms with E-state index in [2.05, 4.69) is 34.4 Å². The lowest BCUT2D eigenvalue weighted by atomic mass is 10.1. The standard InChI is InChI=1S/C20H18N2O/c1-2-5-17(6-3-1)23-18-10-8-15(9-11-18)13-16-14-22-20-19(16)7-4-12-21-20/h1-3,5-11,14H,4,12-13H2,(H,21,22). The van der Waals surface area contributed by atoms with E-state index in [0.717, 1.165) is 36.4 Å². The number of nitrogens with one attached hydrogen (secondary N) is 1. The van der Waals surface area contributed by atoms with E-state index in [0.29, 0.717) is 0 Å². The Hall–Kier alpha value is -2.81. The van der Waals surface area contributed by atoms with Crippen molar-refractivity contribution < 1.29 is 4.74 Å². The maximum atomic E-state index is 5.83. The van der Waals surface area contributed by atoms with E-state index in [4.69, 9.17) is 4.74 Å². The molecular weight excluding hydrogens is 284 g/mol. The highest BCUT2D eigenvalue weighted by molar-refractivity contribution is 5.37. The number of fused-ring (bicyclic) bond motifs is 1. The van der Waals surface area contributed by atoms with Gasteiger partial charge in [-0.3, -0.25) is 4.99 Å². The first kappa shape index (κ1) is 13.8. The first-order valence-electron chi connectivity index (χ1n) is 7.91. The van der Waals surface area contributed by atoms with Crippen molar-refractivity contribution in [3.63, 3.8) is 0 Å². The average molecular weight is 302 g/mol. The molecule has 3 heteroatoms. The number of nitrogens with zero attached hydrogens (tertiary/aromatic N) is 1. The van der Waals surface area contributed by atoms with Gasteiger partial charge in [-0.1, -0.05) is 36.4 Å². The number of hydrogen-bond donors (Lipinski definition) is 1. The zero-order chi connectivity index (χ0) is 15.5. The number of aromatic amines is 1. The molecule has 0 saturated carbocycles. The van der Waals surface area contributed by atoms with Crippen LogP contribution >= 0.6 is 0 Å². The summed E-state index contributed by atoms with van der Waals surface area (Å²) in [6.07, 6.45) is 6.29. The molecule has 1 aliphatic rings. The first-order valence-corrected chi connectivity index (χ1v) is 7.91. The van der Waals surface area contributed by atoms with Gasteiger partial charge in [-0.25, -0.2) is 0 Å². The Kier molecular flexibility index (Phi) is 3.68. The van der Waals surface area contributed by atoms with Crippen LogP contribution < -0.4 is 15.4 Å². The lowest BCUT2D eigenvalue weighted by molar-refractivity contribution is 0.482. The normalized spacial score (nSPS) is 12.9. The molecular formula is C20H18N2O. The van der Waals surface area contributed by atoms with E-state index in [1.807, 2.05) is 42.5 Å². The van der Waals surface area contributed by atoms with Crippen LogP contribution in [0.1, 0.15) is 17.5 Å². The van der Waals surface area contributed by atoms with Gasteiger partial charge in [0, 0.05) is 18.0 Å². The average Bonchev–Trinajstić information content (AvgIpc) is 3.01. The molecule has 23 heavy (non-hydrogen) atoms. The van der Waals surface area contributed by atoms with Gasteiger partial charge >= 0.3 is 0 Å². The molecule has 3 nitrogen and oxygen atoms in total. The molecule has 0 spiro atoms. The van der Waals surface area contributed by atoms with E-state index in [1.54, 1.807) is 0 Å². The number of para-hydroxylation sites is 1. The summed E-state index contributed by atoms with van der Waals surface area (Å²) in [6, 6.07) is 18.1. The Morgan fingerprint density at radius 1 is 0.957 bits per heavy atom. The third-order valence-electron chi connectivity index (χ3n) is 4.03. The Balaban J connectivity index is 1.52. The SMILES string of the molecule is C1=c2c(Cc3ccc(Oc4ccccc4)cc3)c[nH]c2=NCC1. The van der Waals surface area contributed by atoms with Gasteiger partial charge in [0.1, 0.15) is 17.0 Å². The maximum absolute atomic E-state index is 5.83. The first-order chi connectivity index (χ1) is 11.4. The lowest BCUT2D eigenvalue weighted by Gasteiger charge is -2.06. The van der Waals surface area contributed by atoms with Crippen molar-refractivity contribution in [3.05, 3.63) is 82.6 Å². The second kappa shape index (κ2) is 6.13. The predicted molar refractivity (Wildman–Crippen MR) is 91.3 cm³/mol. The van der Waals surface area contributed by atoms with Crippen molar-refractivity contribution >= 4 is 6.08 Å². The second-order valence-corrected chi connectivity index (χ2v) is 5.69. The molecule has 4 rings (SSSR count). The van der Waals surface area contributed by atoms with Crippen molar-refractivity contribution in [2.75, 3.05) is 6.54 Å². The summed E-state index contributed by atoms with van der Waals surface area (Å²) >= 11 is 0. The van der Waals surface area contributed by atoms with Crippen molar-refractivity contribution in [2.24, 2.45) is 4.99 Å². The highest BCUT2D eigenvalue weighted by Gasteiger charge is 2.05. The van der Waals surface area contributed by atoms with Gasteiger partial charge in [-0.15, -0.1) is 0 Å². The molecule has 1 aromatic heterocycles. The smallest absolute Gasteiger partial charge is 0.132 e. The van der Waals surface area contributed by atoms with E-state index < -0.39 is 0 Å². The van der Waals surface area contributed by atoms with Gasteiger partial charge in [0.2, 0.25) is 0 Å². The fraction of sp³-hybridized carbons (Fsp3) is 0.150. The molecule has 114 valence electrons. The number of H-pyrrole nitrogens is 1. The van der Waals surface area contributed by atoms with Gasteiger partial charge < -0.3 is 9.72 Å². The summed E-state index contributed by atoms with van der Waals surface area (Å²) in [5.41, 5.74) is 3.60. The summed E-state index contributed by atoms with van der Waals surface area (Å²) in [4.78, 5) is 7.78. The quantitative estimate of drug-likeness (QED) is 0.789. The monoisotopic (exact) mass is 302 g/mol. The van der Waals surface area contributed by atoms with Crippen LogP contribution in [-0.4, -0.2) is 11.5 Å². The third-order valence-corrected chi connectivity index (χ3v) is 4.03. The zero-order valence-electron chi connectivity index (χ0n) is 12.8. The van der Waals surface area contributed by atoms with Gasteiger partial charge in [0.15, 0.2) is 0 Å². The van der Waals surface area contributed by atoms with Gasteiger partial charge in [0.05, 0.1) is 0 Å². The Bertz CT molecular complexity index is 909. The molecule has 2 heterocycles. The van der Waals surface area contributed by atoms with Crippen molar-refractivity contribution in [3.8, 4) is 11.5 Å². The highest BCUT2D eigenvalue weighted by Crippen LogP contribution is 2.21. The lowest BCUT2D eigenvalue weighted by Crippen LogP contribution is -2.28. The van der Waals surface area contributed by atoms with E-state index in [9.17, 15) is 0 Å². The van der Waals surface area contributed by atoms with Crippen molar-refractivity contribution in [1.82, 2.24) is 4.98 Å². The van der Waals surface area contributed by atoms with E-state index in [1.165, 1.54) is 16.3 Å². The summed E-state index contributed by atoms with van der Waals surface area (Å²) in [5.74, 6) is 1.72. The van der Waals surface area contributed by atoms with E-state index >= 15 is 0 Å². The van der Waals surface area contributed by atoms with Crippen LogP contribution in [0.5, 0.6) is 11.5 Å². The van der Waals surface area contributed by atoms with Crippen LogP contribution in [0.2, 0.25) is 0 Å².